The molecule has 98 valence electrons. The molecule has 0 fully saturated rings. The van der Waals surface area contributed by atoms with Gasteiger partial charge in [0.25, 0.3) is 0 Å². The normalized spacial score (nSPS) is 10.8. The summed E-state index contributed by atoms with van der Waals surface area (Å²) in [5.41, 5.74) is -0.442. The number of carbonyl (C=O) groups excluding carboxylic acids is 2. The van der Waals surface area contributed by atoms with Crippen molar-refractivity contribution in [3.8, 4) is 0 Å². The van der Waals surface area contributed by atoms with E-state index in [0.717, 1.165) is 0 Å². The third-order valence-corrected chi connectivity index (χ3v) is 2.72. The second-order valence-electron chi connectivity index (χ2n) is 4.04. The van der Waals surface area contributed by atoms with Crippen molar-refractivity contribution in [3.63, 3.8) is 0 Å². The first-order chi connectivity index (χ1) is 7.90. The molecule has 0 aliphatic heterocycles. The lowest BCUT2D eigenvalue weighted by Gasteiger charge is -2.30. The summed E-state index contributed by atoms with van der Waals surface area (Å²) in [6, 6.07) is 0. The molecular formula is C13H22O4. The molecular weight excluding hydrogens is 220 g/mol. The van der Waals surface area contributed by atoms with Gasteiger partial charge in [-0.1, -0.05) is 20.4 Å². The molecule has 0 bridgehead atoms. The van der Waals surface area contributed by atoms with Crippen molar-refractivity contribution < 1.29 is 19.1 Å². The lowest BCUT2D eigenvalue weighted by Crippen LogP contribution is -2.37. The van der Waals surface area contributed by atoms with E-state index in [2.05, 4.69) is 6.58 Å². The lowest BCUT2D eigenvalue weighted by atomic mass is 9.93. The third kappa shape index (κ3) is 5.02. The van der Waals surface area contributed by atoms with Crippen LogP contribution in [0.4, 0.5) is 0 Å². The van der Waals surface area contributed by atoms with E-state index in [-0.39, 0.29) is 12.4 Å². The van der Waals surface area contributed by atoms with Crippen LogP contribution in [0.15, 0.2) is 12.2 Å². The smallest absolute Gasteiger partial charge is 0.333 e. The Morgan fingerprint density at radius 1 is 1.18 bits per heavy atom. The molecule has 0 rings (SSSR count). The van der Waals surface area contributed by atoms with E-state index < -0.39 is 11.6 Å². The van der Waals surface area contributed by atoms with Gasteiger partial charge in [0.1, 0.15) is 5.60 Å². The Morgan fingerprint density at radius 2 is 1.71 bits per heavy atom. The molecule has 17 heavy (non-hydrogen) atoms. The second kappa shape index (κ2) is 7.09. The highest BCUT2D eigenvalue weighted by molar-refractivity contribution is 5.87. The van der Waals surface area contributed by atoms with Gasteiger partial charge in [-0.2, -0.15) is 0 Å². The Balaban J connectivity index is 4.71. The number of hydrogen-bond acceptors (Lipinski definition) is 4. The van der Waals surface area contributed by atoms with Crippen molar-refractivity contribution in [1.29, 1.82) is 0 Å². The average Bonchev–Trinajstić information content (AvgIpc) is 2.28. The van der Waals surface area contributed by atoms with Gasteiger partial charge in [-0.3, -0.25) is 4.79 Å². The predicted octanol–water partition coefficient (Wildman–Crippen LogP) is 2.62. The van der Waals surface area contributed by atoms with E-state index in [4.69, 9.17) is 9.47 Å². The summed E-state index contributed by atoms with van der Waals surface area (Å²) in [5, 5.41) is 0. The summed E-state index contributed by atoms with van der Waals surface area (Å²) in [6.07, 6.45) is 1.23. The second-order valence-corrected chi connectivity index (χ2v) is 4.04. The largest absolute Gasteiger partial charge is 0.466 e. The quantitative estimate of drug-likeness (QED) is 0.508. The van der Waals surface area contributed by atoms with Crippen LogP contribution in [0.1, 0.15) is 47.0 Å². The van der Waals surface area contributed by atoms with Gasteiger partial charge >= 0.3 is 11.9 Å². The SMILES string of the molecule is C=C(C)C(=O)OC(CC)(CC)CC(=O)OCC. The molecule has 0 saturated heterocycles. The van der Waals surface area contributed by atoms with Crippen molar-refractivity contribution in [2.45, 2.75) is 52.6 Å². The van der Waals surface area contributed by atoms with Gasteiger partial charge in [-0.15, -0.1) is 0 Å². The zero-order chi connectivity index (χ0) is 13.5. The van der Waals surface area contributed by atoms with Crippen molar-refractivity contribution >= 4 is 11.9 Å². The maximum absolute atomic E-state index is 11.5. The fourth-order valence-electron chi connectivity index (χ4n) is 1.44. The van der Waals surface area contributed by atoms with Crippen LogP contribution >= 0.6 is 0 Å². The molecule has 4 nitrogen and oxygen atoms in total. The minimum absolute atomic E-state index is 0.0901. The maximum Gasteiger partial charge on any atom is 0.333 e. The molecule has 0 saturated carbocycles. The molecule has 4 heteroatoms. The first-order valence-corrected chi connectivity index (χ1v) is 5.95. The highest BCUT2D eigenvalue weighted by Gasteiger charge is 2.34. The van der Waals surface area contributed by atoms with Gasteiger partial charge < -0.3 is 9.47 Å². The Morgan fingerprint density at radius 3 is 2.06 bits per heavy atom. The number of rotatable bonds is 7. The van der Waals surface area contributed by atoms with Gasteiger partial charge in [-0.05, 0) is 26.7 Å². The van der Waals surface area contributed by atoms with Crippen LogP contribution in [0.25, 0.3) is 0 Å². The molecule has 0 radical (unpaired) electrons. The Kier molecular flexibility index (Phi) is 6.54. The van der Waals surface area contributed by atoms with Crippen LogP contribution < -0.4 is 0 Å². The predicted molar refractivity (Wildman–Crippen MR) is 65.5 cm³/mol. The van der Waals surface area contributed by atoms with Gasteiger partial charge in [-0.25, -0.2) is 4.79 Å². The average molecular weight is 242 g/mol. The first-order valence-electron chi connectivity index (χ1n) is 5.95. The van der Waals surface area contributed by atoms with Crippen molar-refractivity contribution in [1.82, 2.24) is 0 Å². The zero-order valence-corrected chi connectivity index (χ0v) is 11.2. The molecule has 0 spiro atoms. The van der Waals surface area contributed by atoms with E-state index >= 15 is 0 Å². The molecule has 0 aromatic heterocycles. The molecule has 0 aliphatic rings. The number of ether oxygens (including phenoxy) is 2. The van der Waals surface area contributed by atoms with Crippen LogP contribution in [0.3, 0.4) is 0 Å². The highest BCUT2D eigenvalue weighted by atomic mass is 16.6. The summed E-state index contributed by atoms with van der Waals surface area (Å²) < 4.78 is 10.3. The van der Waals surface area contributed by atoms with Crippen LogP contribution in [-0.4, -0.2) is 24.1 Å². The lowest BCUT2D eigenvalue weighted by molar-refractivity contribution is -0.164. The molecule has 0 atom stereocenters. The van der Waals surface area contributed by atoms with Gasteiger partial charge in [0.05, 0.1) is 13.0 Å². The molecule has 0 N–H and O–H groups in total. The highest BCUT2D eigenvalue weighted by Crippen LogP contribution is 2.26. The van der Waals surface area contributed by atoms with Gasteiger partial charge in [0.2, 0.25) is 0 Å². The Labute approximate surface area is 103 Å². The van der Waals surface area contributed by atoms with Crippen molar-refractivity contribution in [2.75, 3.05) is 6.61 Å². The van der Waals surface area contributed by atoms with Gasteiger partial charge in [0, 0.05) is 5.57 Å². The molecule has 0 amide bonds. The van der Waals surface area contributed by atoms with E-state index in [1.807, 2.05) is 13.8 Å². The van der Waals surface area contributed by atoms with Crippen molar-refractivity contribution in [2.24, 2.45) is 0 Å². The minimum atomic E-state index is -0.776. The molecule has 0 unspecified atom stereocenters. The molecule has 0 aromatic rings. The van der Waals surface area contributed by atoms with E-state index in [1.165, 1.54) is 0 Å². The van der Waals surface area contributed by atoms with Gasteiger partial charge in [0.15, 0.2) is 0 Å². The van der Waals surface area contributed by atoms with Crippen molar-refractivity contribution in [3.05, 3.63) is 12.2 Å². The molecule has 0 aromatic carbocycles. The minimum Gasteiger partial charge on any atom is -0.466 e. The summed E-state index contributed by atoms with van der Waals surface area (Å²) in [6.45, 7) is 11.0. The van der Waals surface area contributed by atoms with E-state index in [0.29, 0.717) is 25.0 Å². The Hall–Kier alpha value is -1.32. The Bertz CT molecular complexity index is 290. The summed E-state index contributed by atoms with van der Waals surface area (Å²) in [5.74, 6) is -0.802. The van der Waals surface area contributed by atoms with Crippen LogP contribution in [-0.2, 0) is 19.1 Å². The fourth-order valence-corrected chi connectivity index (χ4v) is 1.44. The number of esters is 2. The van der Waals surface area contributed by atoms with Crippen LogP contribution in [0.2, 0.25) is 0 Å². The molecule has 0 heterocycles. The van der Waals surface area contributed by atoms with Crippen LogP contribution in [0.5, 0.6) is 0 Å². The zero-order valence-electron chi connectivity index (χ0n) is 11.2. The summed E-state index contributed by atoms with van der Waals surface area (Å²) in [7, 11) is 0. The molecule has 0 aliphatic carbocycles. The topological polar surface area (TPSA) is 52.6 Å². The van der Waals surface area contributed by atoms with Crippen LogP contribution in [0, 0.1) is 0 Å². The summed E-state index contributed by atoms with van der Waals surface area (Å²) in [4.78, 5) is 23.0. The monoisotopic (exact) mass is 242 g/mol. The fraction of sp³-hybridized carbons (Fsp3) is 0.692. The summed E-state index contributed by atoms with van der Waals surface area (Å²) >= 11 is 0. The number of carbonyl (C=O) groups is 2. The standard InChI is InChI=1S/C13H22O4/c1-6-13(7-2,9-11(14)16-8-3)17-12(15)10(4)5/h4,6-9H2,1-3,5H3. The maximum atomic E-state index is 11.5. The number of hydrogen-bond donors (Lipinski definition) is 0. The van der Waals surface area contributed by atoms with E-state index in [9.17, 15) is 9.59 Å². The third-order valence-electron chi connectivity index (χ3n) is 2.72. The van der Waals surface area contributed by atoms with E-state index in [1.54, 1.807) is 13.8 Å². The first kappa shape index (κ1) is 15.7.